The van der Waals surface area contributed by atoms with Crippen LogP contribution in [0.2, 0.25) is 0 Å². The fourth-order valence-electron chi connectivity index (χ4n) is 1.69. The Morgan fingerprint density at radius 1 is 1.20 bits per heavy atom. The maximum absolute atomic E-state index is 12.7. The highest BCUT2D eigenvalue weighted by molar-refractivity contribution is 5.75. The molecule has 0 fully saturated rings. The molecule has 0 aliphatic heterocycles. The lowest BCUT2D eigenvalue weighted by Gasteiger charge is -2.08. The number of carbonyl (C=O) groups excluding carboxylic acids is 1. The molecule has 0 aliphatic carbocycles. The minimum absolute atomic E-state index is 0.106. The van der Waals surface area contributed by atoms with Gasteiger partial charge in [-0.1, -0.05) is 12.1 Å². The lowest BCUT2D eigenvalue weighted by Crippen LogP contribution is -2.31. The van der Waals surface area contributed by atoms with Gasteiger partial charge in [0.05, 0.1) is 0 Å². The first kappa shape index (κ1) is 13.8. The van der Waals surface area contributed by atoms with Gasteiger partial charge < -0.3 is 15.6 Å². The molecule has 3 N–H and O–H groups in total. The number of nitrogens with one attached hydrogen (secondary N) is 1. The van der Waals surface area contributed by atoms with Crippen molar-refractivity contribution in [3.8, 4) is 0 Å². The Morgan fingerprint density at radius 2 is 1.90 bits per heavy atom. The number of carbonyl (C=O) groups is 1. The first-order chi connectivity index (χ1) is 9.54. The highest BCUT2D eigenvalue weighted by Crippen LogP contribution is 2.02. The summed E-state index contributed by atoms with van der Waals surface area (Å²) in [7, 11) is 0. The van der Waals surface area contributed by atoms with Crippen LogP contribution in [0.3, 0.4) is 0 Å². The van der Waals surface area contributed by atoms with Crippen molar-refractivity contribution in [1.29, 1.82) is 0 Å². The van der Waals surface area contributed by atoms with Crippen molar-refractivity contribution >= 4 is 11.6 Å². The van der Waals surface area contributed by atoms with E-state index in [9.17, 15) is 14.0 Å². The Labute approximate surface area is 114 Å². The standard InChI is InChI=1S/C14H14FN3O2/c15-11-3-1-10(2-4-11)7-17-13(19)9-18-8-12(16)5-6-14(18)20/h1-6,8H,7,9,16H2,(H,17,19). The summed E-state index contributed by atoms with van der Waals surface area (Å²) < 4.78 is 13.9. The van der Waals surface area contributed by atoms with E-state index in [1.165, 1.54) is 35.0 Å². The molecule has 0 saturated heterocycles. The molecular formula is C14H14FN3O2. The Morgan fingerprint density at radius 3 is 2.60 bits per heavy atom. The molecule has 5 nitrogen and oxygen atoms in total. The number of nitrogens with zero attached hydrogens (tertiary/aromatic N) is 1. The van der Waals surface area contributed by atoms with Crippen molar-refractivity contribution in [2.75, 3.05) is 5.73 Å². The number of halogens is 1. The molecule has 0 bridgehead atoms. The molecule has 0 spiro atoms. The lowest BCUT2D eigenvalue weighted by atomic mass is 10.2. The van der Waals surface area contributed by atoms with Gasteiger partial charge in [0.1, 0.15) is 12.4 Å². The SMILES string of the molecule is Nc1ccc(=O)n(CC(=O)NCc2ccc(F)cc2)c1. The van der Waals surface area contributed by atoms with E-state index in [0.29, 0.717) is 5.69 Å². The van der Waals surface area contributed by atoms with Crippen LogP contribution in [0, 0.1) is 5.82 Å². The second-order valence-corrected chi connectivity index (χ2v) is 4.33. The van der Waals surface area contributed by atoms with Crippen LogP contribution in [0.25, 0.3) is 0 Å². The average Bonchev–Trinajstić information content (AvgIpc) is 2.42. The van der Waals surface area contributed by atoms with Gasteiger partial charge in [0.25, 0.3) is 5.56 Å². The third-order valence-corrected chi connectivity index (χ3v) is 2.72. The summed E-state index contributed by atoms with van der Waals surface area (Å²) in [4.78, 5) is 23.2. The third kappa shape index (κ3) is 3.68. The van der Waals surface area contributed by atoms with Gasteiger partial charge in [-0.25, -0.2) is 4.39 Å². The van der Waals surface area contributed by atoms with Crippen molar-refractivity contribution in [2.45, 2.75) is 13.1 Å². The molecular weight excluding hydrogens is 261 g/mol. The fourth-order valence-corrected chi connectivity index (χ4v) is 1.69. The van der Waals surface area contributed by atoms with Crippen molar-refractivity contribution in [3.05, 3.63) is 64.3 Å². The summed E-state index contributed by atoms with van der Waals surface area (Å²) in [6.45, 7) is 0.168. The second kappa shape index (κ2) is 6.01. The molecule has 1 aromatic carbocycles. The molecule has 2 aromatic rings. The minimum atomic E-state index is -0.327. The minimum Gasteiger partial charge on any atom is -0.398 e. The lowest BCUT2D eigenvalue weighted by molar-refractivity contribution is -0.121. The third-order valence-electron chi connectivity index (χ3n) is 2.72. The zero-order valence-electron chi connectivity index (χ0n) is 10.7. The number of anilines is 1. The summed E-state index contributed by atoms with van der Waals surface area (Å²) >= 11 is 0. The van der Waals surface area contributed by atoms with E-state index in [-0.39, 0.29) is 30.4 Å². The molecule has 104 valence electrons. The number of benzene rings is 1. The largest absolute Gasteiger partial charge is 0.398 e. The number of aromatic nitrogens is 1. The number of hydrogen-bond acceptors (Lipinski definition) is 3. The van der Waals surface area contributed by atoms with E-state index in [0.717, 1.165) is 5.56 Å². The molecule has 0 atom stereocenters. The quantitative estimate of drug-likeness (QED) is 0.869. The van der Waals surface area contributed by atoms with Gasteiger partial charge in [0.2, 0.25) is 5.91 Å². The second-order valence-electron chi connectivity index (χ2n) is 4.33. The topological polar surface area (TPSA) is 77.1 Å². The highest BCUT2D eigenvalue weighted by Gasteiger charge is 2.04. The number of rotatable bonds is 4. The summed E-state index contributed by atoms with van der Waals surface area (Å²) in [6, 6.07) is 8.61. The first-order valence-corrected chi connectivity index (χ1v) is 6.02. The zero-order chi connectivity index (χ0) is 14.5. The smallest absolute Gasteiger partial charge is 0.251 e. The van der Waals surface area contributed by atoms with Crippen molar-refractivity contribution in [1.82, 2.24) is 9.88 Å². The molecule has 0 saturated carbocycles. The number of pyridine rings is 1. The summed E-state index contributed by atoms with van der Waals surface area (Å²) in [5.41, 5.74) is 6.45. The van der Waals surface area contributed by atoms with E-state index in [2.05, 4.69) is 5.32 Å². The molecule has 6 heteroatoms. The van der Waals surface area contributed by atoms with Crippen LogP contribution in [0.15, 0.2) is 47.4 Å². The van der Waals surface area contributed by atoms with Gasteiger partial charge in [0, 0.05) is 24.5 Å². The van der Waals surface area contributed by atoms with Gasteiger partial charge in [-0.05, 0) is 23.8 Å². The molecule has 1 aromatic heterocycles. The predicted octanol–water partition coefficient (Wildman–Crippen LogP) is 0.886. The molecule has 0 radical (unpaired) electrons. The maximum atomic E-state index is 12.7. The van der Waals surface area contributed by atoms with Gasteiger partial charge in [-0.3, -0.25) is 9.59 Å². The highest BCUT2D eigenvalue weighted by atomic mass is 19.1. The number of nitrogen functional groups attached to an aromatic ring is 1. The molecule has 1 heterocycles. The molecule has 0 unspecified atom stereocenters. The van der Waals surface area contributed by atoms with Gasteiger partial charge >= 0.3 is 0 Å². The van der Waals surface area contributed by atoms with Crippen LogP contribution in [-0.2, 0) is 17.9 Å². The number of amides is 1. The van der Waals surface area contributed by atoms with Crippen LogP contribution < -0.4 is 16.6 Å². The van der Waals surface area contributed by atoms with Crippen molar-refractivity contribution in [2.24, 2.45) is 0 Å². The summed E-state index contributed by atoms with van der Waals surface area (Å²) in [5, 5.41) is 2.65. The Balaban J connectivity index is 1.94. The van der Waals surface area contributed by atoms with E-state index >= 15 is 0 Å². The fraction of sp³-hybridized carbons (Fsp3) is 0.143. The number of hydrogen-bond donors (Lipinski definition) is 2. The van der Waals surface area contributed by atoms with Crippen LogP contribution in [0.1, 0.15) is 5.56 Å². The van der Waals surface area contributed by atoms with Crippen LogP contribution >= 0.6 is 0 Å². The van der Waals surface area contributed by atoms with Crippen molar-refractivity contribution < 1.29 is 9.18 Å². The van der Waals surface area contributed by atoms with E-state index in [4.69, 9.17) is 5.73 Å². The van der Waals surface area contributed by atoms with E-state index < -0.39 is 0 Å². The summed E-state index contributed by atoms with van der Waals surface area (Å²) in [5.74, 6) is -0.645. The van der Waals surface area contributed by atoms with Crippen molar-refractivity contribution in [3.63, 3.8) is 0 Å². The maximum Gasteiger partial charge on any atom is 0.251 e. The normalized spacial score (nSPS) is 10.2. The van der Waals surface area contributed by atoms with Crippen LogP contribution in [0.4, 0.5) is 10.1 Å². The predicted molar refractivity (Wildman–Crippen MR) is 73.4 cm³/mol. The first-order valence-electron chi connectivity index (χ1n) is 6.02. The monoisotopic (exact) mass is 275 g/mol. The Hall–Kier alpha value is -2.63. The number of nitrogens with two attached hydrogens (primary N) is 1. The average molecular weight is 275 g/mol. The van der Waals surface area contributed by atoms with Gasteiger partial charge in [-0.15, -0.1) is 0 Å². The Kier molecular flexibility index (Phi) is 4.14. The summed E-state index contributed by atoms with van der Waals surface area (Å²) in [6.07, 6.45) is 1.42. The molecule has 2 rings (SSSR count). The molecule has 1 amide bonds. The molecule has 0 aliphatic rings. The van der Waals surface area contributed by atoms with Crippen LogP contribution in [-0.4, -0.2) is 10.5 Å². The van der Waals surface area contributed by atoms with E-state index in [1.54, 1.807) is 12.1 Å². The zero-order valence-corrected chi connectivity index (χ0v) is 10.7. The van der Waals surface area contributed by atoms with Crippen LogP contribution in [0.5, 0.6) is 0 Å². The molecule has 20 heavy (non-hydrogen) atoms. The van der Waals surface area contributed by atoms with Gasteiger partial charge in [-0.2, -0.15) is 0 Å². The van der Waals surface area contributed by atoms with Gasteiger partial charge in [0.15, 0.2) is 0 Å². The Bertz CT molecular complexity index is 665. The van der Waals surface area contributed by atoms with E-state index in [1.807, 2.05) is 0 Å².